The van der Waals surface area contributed by atoms with Crippen LogP contribution in [0.4, 0.5) is 0 Å². The summed E-state index contributed by atoms with van der Waals surface area (Å²) in [6.07, 6.45) is 5.71. The average Bonchev–Trinajstić information content (AvgIpc) is 2.79. The van der Waals surface area contributed by atoms with E-state index in [4.69, 9.17) is 11.6 Å². The van der Waals surface area contributed by atoms with E-state index < -0.39 is 0 Å². The summed E-state index contributed by atoms with van der Waals surface area (Å²) in [4.78, 5) is 11.8. The first-order valence-corrected chi connectivity index (χ1v) is 7.84. The molecule has 3 atom stereocenters. The number of nitrogens with one attached hydrogen (secondary N) is 1. The smallest absolute Gasteiger partial charge is 0.223 e. The molecule has 0 aromatic rings. The predicted molar refractivity (Wildman–Crippen MR) is 70.0 cm³/mol. The van der Waals surface area contributed by atoms with Gasteiger partial charge in [0.25, 0.3) is 0 Å². The fourth-order valence-electron chi connectivity index (χ4n) is 2.54. The Hall–Kier alpha value is 0.110. The van der Waals surface area contributed by atoms with Crippen molar-refractivity contribution in [1.29, 1.82) is 0 Å². The number of rotatable bonds is 3. The molecule has 16 heavy (non-hydrogen) atoms. The minimum absolute atomic E-state index is 0.264. The van der Waals surface area contributed by atoms with Crippen LogP contribution in [-0.4, -0.2) is 29.3 Å². The van der Waals surface area contributed by atoms with E-state index in [-0.39, 0.29) is 11.8 Å². The molecule has 0 bridgehead atoms. The van der Waals surface area contributed by atoms with Crippen LogP contribution < -0.4 is 5.32 Å². The van der Waals surface area contributed by atoms with E-state index in [1.807, 2.05) is 11.8 Å². The van der Waals surface area contributed by atoms with E-state index in [0.29, 0.717) is 11.3 Å². The molecule has 1 aliphatic heterocycles. The van der Waals surface area contributed by atoms with Gasteiger partial charge >= 0.3 is 0 Å². The topological polar surface area (TPSA) is 29.1 Å². The molecular formula is C12H20ClNOS. The second-order valence-electron chi connectivity index (χ2n) is 4.94. The van der Waals surface area contributed by atoms with Gasteiger partial charge in [-0.3, -0.25) is 4.79 Å². The molecule has 0 aromatic heterocycles. The molecule has 2 aliphatic rings. The quantitative estimate of drug-likeness (QED) is 0.792. The van der Waals surface area contributed by atoms with Crippen molar-refractivity contribution >= 4 is 29.3 Å². The van der Waals surface area contributed by atoms with Gasteiger partial charge in [-0.2, -0.15) is 11.8 Å². The summed E-state index contributed by atoms with van der Waals surface area (Å²) in [5.41, 5.74) is 0. The summed E-state index contributed by atoms with van der Waals surface area (Å²) >= 11 is 8.03. The molecule has 0 spiro atoms. The Labute approximate surface area is 107 Å². The molecule has 2 rings (SSSR count). The van der Waals surface area contributed by atoms with E-state index in [1.165, 1.54) is 12.8 Å². The highest BCUT2D eigenvalue weighted by molar-refractivity contribution is 7.99. The van der Waals surface area contributed by atoms with E-state index >= 15 is 0 Å². The lowest BCUT2D eigenvalue weighted by molar-refractivity contribution is -0.124. The highest BCUT2D eigenvalue weighted by Gasteiger charge is 2.25. The molecule has 1 saturated heterocycles. The number of hydrogen-bond donors (Lipinski definition) is 1. The van der Waals surface area contributed by atoms with Crippen LogP contribution >= 0.6 is 23.4 Å². The molecule has 3 unspecified atom stereocenters. The third-order valence-electron chi connectivity index (χ3n) is 3.58. The van der Waals surface area contributed by atoms with E-state index in [2.05, 4.69) is 5.32 Å². The van der Waals surface area contributed by atoms with Crippen molar-refractivity contribution in [3.63, 3.8) is 0 Å². The highest BCUT2D eigenvalue weighted by Crippen LogP contribution is 2.28. The number of carbonyl (C=O) groups is 1. The zero-order chi connectivity index (χ0) is 11.4. The number of amides is 1. The van der Waals surface area contributed by atoms with Crippen molar-refractivity contribution < 1.29 is 4.79 Å². The van der Waals surface area contributed by atoms with E-state index in [1.54, 1.807) is 0 Å². The SMILES string of the molecule is O=C(NCC1CCCC(Cl)C1)C1CCSC1. The maximum Gasteiger partial charge on any atom is 0.223 e. The van der Waals surface area contributed by atoms with Gasteiger partial charge in [0.1, 0.15) is 0 Å². The molecule has 92 valence electrons. The molecule has 1 heterocycles. The maximum atomic E-state index is 11.8. The number of alkyl halides is 1. The molecule has 1 saturated carbocycles. The molecule has 1 N–H and O–H groups in total. The van der Waals surface area contributed by atoms with Gasteiger partial charge in [-0.25, -0.2) is 0 Å². The Morgan fingerprint density at radius 2 is 2.25 bits per heavy atom. The van der Waals surface area contributed by atoms with Gasteiger partial charge in [0.15, 0.2) is 0 Å². The second-order valence-corrected chi connectivity index (χ2v) is 6.70. The van der Waals surface area contributed by atoms with Crippen molar-refractivity contribution in [2.75, 3.05) is 18.1 Å². The molecule has 1 aliphatic carbocycles. The Balaban J connectivity index is 1.67. The van der Waals surface area contributed by atoms with Crippen LogP contribution in [0.2, 0.25) is 0 Å². The van der Waals surface area contributed by atoms with Gasteiger partial charge in [-0.1, -0.05) is 6.42 Å². The fraction of sp³-hybridized carbons (Fsp3) is 0.917. The minimum Gasteiger partial charge on any atom is -0.356 e. The second kappa shape index (κ2) is 6.15. The molecule has 2 nitrogen and oxygen atoms in total. The van der Waals surface area contributed by atoms with Gasteiger partial charge in [-0.05, 0) is 37.4 Å². The first-order valence-electron chi connectivity index (χ1n) is 6.25. The molecule has 0 aromatic carbocycles. The van der Waals surface area contributed by atoms with Crippen LogP contribution in [0.3, 0.4) is 0 Å². The lowest BCUT2D eigenvalue weighted by atomic mass is 9.89. The van der Waals surface area contributed by atoms with Crippen LogP contribution in [-0.2, 0) is 4.79 Å². The fourth-order valence-corrected chi connectivity index (χ4v) is 4.17. The zero-order valence-electron chi connectivity index (χ0n) is 9.58. The zero-order valence-corrected chi connectivity index (χ0v) is 11.2. The average molecular weight is 262 g/mol. The Morgan fingerprint density at radius 3 is 2.94 bits per heavy atom. The van der Waals surface area contributed by atoms with Crippen molar-refractivity contribution in [2.45, 2.75) is 37.5 Å². The first-order chi connectivity index (χ1) is 7.75. The summed E-state index contributed by atoms with van der Waals surface area (Å²) < 4.78 is 0. The van der Waals surface area contributed by atoms with Gasteiger partial charge in [0, 0.05) is 23.6 Å². The summed E-state index contributed by atoms with van der Waals surface area (Å²) in [5.74, 6) is 3.29. The Morgan fingerprint density at radius 1 is 1.38 bits per heavy atom. The Kier molecular flexibility index (Phi) is 4.83. The van der Waals surface area contributed by atoms with Crippen molar-refractivity contribution in [3.8, 4) is 0 Å². The summed E-state index contributed by atoms with van der Waals surface area (Å²) in [6.45, 7) is 0.837. The summed E-state index contributed by atoms with van der Waals surface area (Å²) in [5, 5.41) is 3.44. The standard InChI is InChI=1S/C12H20ClNOS/c13-11-3-1-2-9(6-11)7-14-12(15)10-4-5-16-8-10/h9-11H,1-8H2,(H,14,15). The minimum atomic E-state index is 0.264. The number of hydrogen-bond acceptors (Lipinski definition) is 2. The number of carbonyl (C=O) groups excluding carboxylic acids is 1. The third kappa shape index (κ3) is 3.56. The number of thioether (sulfide) groups is 1. The van der Waals surface area contributed by atoms with Crippen molar-refractivity contribution in [1.82, 2.24) is 5.32 Å². The molecule has 1 amide bonds. The van der Waals surface area contributed by atoms with Gasteiger partial charge < -0.3 is 5.32 Å². The van der Waals surface area contributed by atoms with Crippen LogP contribution in [0.1, 0.15) is 32.1 Å². The van der Waals surface area contributed by atoms with Crippen LogP contribution in [0.5, 0.6) is 0 Å². The Bertz CT molecular complexity index is 243. The van der Waals surface area contributed by atoms with E-state index in [0.717, 1.165) is 37.3 Å². The third-order valence-corrected chi connectivity index (χ3v) is 5.14. The monoisotopic (exact) mass is 261 g/mol. The van der Waals surface area contributed by atoms with Gasteiger partial charge in [0.05, 0.1) is 0 Å². The number of halogens is 1. The molecular weight excluding hydrogens is 242 g/mol. The lowest BCUT2D eigenvalue weighted by Crippen LogP contribution is -2.36. The van der Waals surface area contributed by atoms with Crippen LogP contribution in [0, 0.1) is 11.8 Å². The van der Waals surface area contributed by atoms with Gasteiger partial charge in [0.2, 0.25) is 5.91 Å². The molecule has 0 radical (unpaired) electrons. The lowest BCUT2D eigenvalue weighted by Gasteiger charge is -2.25. The first kappa shape index (κ1) is 12.6. The maximum absolute atomic E-state index is 11.8. The van der Waals surface area contributed by atoms with Crippen LogP contribution in [0.25, 0.3) is 0 Å². The van der Waals surface area contributed by atoms with E-state index in [9.17, 15) is 4.79 Å². The largest absolute Gasteiger partial charge is 0.356 e. The van der Waals surface area contributed by atoms with Crippen LogP contribution in [0.15, 0.2) is 0 Å². The van der Waals surface area contributed by atoms with Crippen molar-refractivity contribution in [3.05, 3.63) is 0 Å². The molecule has 2 fully saturated rings. The highest BCUT2D eigenvalue weighted by atomic mass is 35.5. The summed E-state index contributed by atoms with van der Waals surface area (Å²) in [6, 6.07) is 0. The normalized spacial score (nSPS) is 34.9. The predicted octanol–water partition coefficient (Wildman–Crippen LogP) is 2.65. The van der Waals surface area contributed by atoms with Gasteiger partial charge in [-0.15, -0.1) is 11.6 Å². The molecule has 4 heteroatoms. The van der Waals surface area contributed by atoms with Crippen molar-refractivity contribution in [2.24, 2.45) is 11.8 Å². The summed E-state index contributed by atoms with van der Waals surface area (Å²) in [7, 11) is 0.